The lowest BCUT2D eigenvalue weighted by molar-refractivity contribution is 0.0650. The summed E-state index contributed by atoms with van der Waals surface area (Å²) in [5.74, 6) is 3.95. The van der Waals surface area contributed by atoms with Crippen LogP contribution in [0.25, 0.3) is 0 Å². The molecule has 0 aromatic rings. The van der Waals surface area contributed by atoms with E-state index in [4.69, 9.17) is 11.6 Å². The van der Waals surface area contributed by atoms with Gasteiger partial charge in [0.15, 0.2) is 0 Å². The van der Waals surface area contributed by atoms with Crippen molar-refractivity contribution in [3.8, 4) is 0 Å². The molecule has 3 saturated carbocycles. The highest BCUT2D eigenvalue weighted by Crippen LogP contribution is 2.52. The number of hydrogen-bond acceptors (Lipinski definition) is 0. The Morgan fingerprint density at radius 3 is 1.88 bits per heavy atom. The van der Waals surface area contributed by atoms with Gasteiger partial charge < -0.3 is 0 Å². The monoisotopic (exact) mass is 380 g/mol. The van der Waals surface area contributed by atoms with Crippen LogP contribution in [0.5, 0.6) is 0 Å². The van der Waals surface area contributed by atoms with Crippen LogP contribution in [0.3, 0.4) is 0 Å². The SMILES string of the molecule is CC1CCCC(CC(C)(C)CC2CC(CC(C)(C)CC3(Cl)CCC3)C2)C1. The summed E-state index contributed by atoms with van der Waals surface area (Å²) >= 11 is 6.76. The van der Waals surface area contributed by atoms with E-state index in [0.717, 1.165) is 23.7 Å². The van der Waals surface area contributed by atoms with Gasteiger partial charge in [0.1, 0.15) is 0 Å². The molecule has 3 aliphatic carbocycles. The van der Waals surface area contributed by atoms with Gasteiger partial charge in [0.2, 0.25) is 0 Å². The zero-order valence-electron chi connectivity index (χ0n) is 18.4. The summed E-state index contributed by atoms with van der Waals surface area (Å²) in [7, 11) is 0. The first kappa shape index (κ1) is 21.0. The molecule has 0 aromatic carbocycles. The zero-order chi connectivity index (χ0) is 19.0. The van der Waals surface area contributed by atoms with E-state index in [1.54, 1.807) is 0 Å². The van der Waals surface area contributed by atoms with Crippen LogP contribution in [0, 0.1) is 34.5 Å². The van der Waals surface area contributed by atoms with Crippen LogP contribution < -0.4 is 0 Å². The summed E-state index contributed by atoms with van der Waals surface area (Å²) in [6.45, 7) is 12.5. The molecule has 0 aliphatic heterocycles. The fourth-order valence-corrected chi connectivity index (χ4v) is 7.68. The second kappa shape index (κ2) is 7.96. The third kappa shape index (κ3) is 5.89. The summed E-state index contributed by atoms with van der Waals surface area (Å²) in [5, 5.41) is 0. The first-order chi connectivity index (χ1) is 12.0. The molecule has 0 radical (unpaired) electrons. The van der Waals surface area contributed by atoms with Gasteiger partial charge in [-0.3, -0.25) is 0 Å². The van der Waals surface area contributed by atoms with Gasteiger partial charge in [-0.1, -0.05) is 53.9 Å². The van der Waals surface area contributed by atoms with Crippen molar-refractivity contribution >= 4 is 11.6 Å². The molecule has 3 fully saturated rings. The average Bonchev–Trinajstić information content (AvgIpc) is 2.42. The Morgan fingerprint density at radius 1 is 0.769 bits per heavy atom. The highest BCUT2D eigenvalue weighted by molar-refractivity contribution is 6.24. The first-order valence-corrected chi connectivity index (χ1v) is 12.1. The molecule has 3 aliphatic rings. The molecule has 0 aromatic heterocycles. The van der Waals surface area contributed by atoms with Crippen molar-refractivity contribution in [1.29, 1.82) is 0 Å². The van der Waals surface area contributed by atoms with Crippen LogP contribution in [0.15, 0.2) is 0 Å². The van der Waals surface area contributed by atoms with Crippen molar-refractivity contribution in [3.05, 3.63) is 0 Å². The maximum absolute atomic E-state index is 6.76. The highest BCUT2D eigenvalue weighted by Gasteiger charge is 2.42. The lowest BCUT2D eigenvalue weighted by Crippen LogP contribution is -2.38. The Morgan fingerprint density at radius 2 is 1.35 bits per heavy atom. The lowest BCUT2D eigenvalue weighted by atomic mass is 9.60. The van der Waals surface area contributed by atoms with E-state index in [1.807, 2.05) is 0 Å². The van der Waals surface area contributed by atoms with Gasteiger partial charge in [-0.25, -0.2) is 0 Å². The van der Waals surface area contributed by atoms with Gasteiger partial charge >= 0.3 is 0 Å². The van der Waals surface area contributed by atoms with E-state index in [-0.39, 0.29) is 4.87 Å². The van der Waals surface area contributed by atoms with E-state index in [1.165, 1.54) is 83.5 Å². The Labute approximate surface area is 169 Å². The molecule has 152 valence electrons. The van der Waals surface area contributed by atoms with Crippen molar-refractivity contribution in [2.45, 2.75) is 123 Å². The molecule has 0 spiro atoms. The van der Waals surface area contributed by atoms with Crippen LogP contribution in [0.1, 0.15) is 118 Å². The predicted octanol–water partition coefficient (Wildman–Crippen LogP) is 8.61. The van der Waals surface area contributed by atoms with Crippen molar-refractivity contribution in [3.63, 3.8) is 0 Å². The molecule has 0 saturated heterocycles. The van der Waals surface area contributed by atoms with Gasteiger partial charge in [-0.2, -0.15) is 0 Å². The van der Waals surface area contributed by atoms with Gasteiger partial charge in [-0.15, -0.1) is 11.6 Å². The summed E-state index contributed by atoms with van der Waals surface area (Å²) in [6, 6.07) is 0. The second-order valence-corrected chi connectivity index (χ2v) is 13.3. The minimum Gasteiger partial charge on any atom is -0.119 e. The van der Waals surface area contributed by atoms with Crippen LogP contribution in [0.4, 0.5) is 0 Å². The molecule has 3 rings (SSSR count). The standard InChI is InChI=1S/C25H45Cl/c1-19-8-6-9-20(12-19)15-23(2,3)16-21-13-22(14-21)17-24(4,5)18-25(26)10-7-11-25/h19-22H,6-18H2,1-5H3. The summed E-state index contributed by atoms with van der Waals surface area (Å²) in [6.07, 6.45) is 18.3. The van der Waals surface area contributed by atoms with E-state index in [0.29, 0.717) is 10.8 Å². The van der Waals surface area contributed by atoms with Gasteiger partial charge in [0.05, 0.1) is 0 Å². The Kier molecular flexibility index (Phi) is 6.43. The summed E-state index contributed by atoms with van der Waals surface area (Å²) in [4.78, 5) is 0.159. The largest absolute Gasteiger partial charge is 0.119 e. The molecule has 0 heterocycles. The number of halogens is 1. The molecule has 0 amide bonds. The van der Waals surface area contributed by atoms with E-state index >= 15 is 0 Å². The molecule has 2 atom stereocenters. The molecular weight excluding hydrogens is 336 g/mol. The van der Waals surface area contributed by atoms with Crippen LogP contribution in [-0.2, 0) is 0 Å². The summed E-state index contributed by atoms with van der Waals surface area (Å²) < 4.78 is 0. The first-order valence-electron chi connectivity index (χ1n) is 11.7. The molecule has 0 nitrogen and oxygen atoms in total. The van der Waals surface area contributed by atoms with Crippen LogP contribution in [-0.4, -0.2) is 4.87 Å². The normalized spacial score (nSPS) is 34.8. The fraction of sp³-hybridized carbons (Fsp3) is 1.00. The third-order valence-electron chi connectivity index (χ3n) is 7.95. The van der Waals surface area contributed by atoms with Crippen molar-refractivity contribution in [2.24, 2.45) is 34.5 Å². The molecule has 1 heteroatoms. The summed E-state index contributed by atoms with van der Waals surface area (Å²) in [5.41, 5.74) is 0.991. The number of hydrogen-bond donors (Lipinski definition) is 0. The molecule has 0 N–H and O–H groups in total. The van der Waals surface area contributed by atoms with E-state index in [2.05, 4.69) is 34.6 Å². The third-order valence-corrected chi connectivity index (χ3v) is 8.46. The molecule has 2 unspecified atom stereocenters. The molecular formula is C25H45Cl. The Hall–Kier alpha value is 0.290. The van der Waals surface area contributed by atoms with Crippen LogP contribution >= 0.6 is 11.6 Å². The number of rotatable bonds is 8. The van der Waals surface area contributed by atoms with Crippen molar-refractivity contribution in [1.82, 2.24) is 0 Å². The average molecular weight is 381 g/mol. The lowest BCUT2D eigenvalue weighted by Gasteiger charge is -2.47. The fourth-order valence-electron chi connectivity index (χ4n) is 7.05. The molecule has 0 bridgehead atoms. The van der Waals surface area contributed by atoms with E-state index in [9.17, 15) is 0 Å². The molecule has 26 heavy (non-hydrogen) atoms. The smallest absolute Gasteiger partial charge is 0.0452 e. The minimum atomic E-state index is 0.159. The number of alkyl halides is 1. The van der Waals surface area contributed by atoms with Crippen LogP contribution in [0.2, 0.25) is 0 Å². The maximum Gasteiger partial charge on any atom is 0.0452 e. The van der Waals surface area contributed by atoms with Crippen molar-refractivity contribution < 1.29 is 0 Å². The quantitative estimate of drug-likeness (QED) is 0.369. The van der Waals surface area contributed by atoms with Gasteiger partial charge in [0.25, 0.3) is 0 Å². The zero-order valence-corrected chi connectivity index (χ0v) is 19.1. The second-order valence-electron chi connectivity index (χ2n) is 12.5. The van der Waals surface area contributed by atoms with E-state index < -0.39 is 0 Å². The Balaban J connectivity index is 1.37. The van der Waals surface area contributed by atoms with Crippen molar-refractivity contribution in [2.75, 3.05) is 0 Å². The van der Waals surface area contributed by atoms with Gasteiger partial charge in [-0.05, 0) is 98.7 Å². The van der Waals surface area contributed by atoms with Gasteiger partial charge in [0, 0.05) is 4.87 Å². The maximum atomic E-state index is 6.76. The predicted molar refractivity (Wildman–Crippen MR) is 116 cm³/mol. The minimum absolute atomic E-state index is 0.159. The topological polar surface area (TPSA) is 0 Å². The highest BCUT2D eigenvalue weighted by atomic mass is 35.5. The Bertz CT molecular complexity index is 453.